The molecule has 1 amide bonds. The summed E-state index contributed by atoms with van der Waals surface area (Å²) in [5.74, 6) is -3.34. The number of hydrogen-bond donors (Lipinski definition) is 3. The van der Waals surface area contributed by atoms with Gasteiger partial charge in [-0.1, -0.05) is 17.7 Å². The summed E-state index contributed by atoms with van der Waals surface area (Å²) in [6.45, 7) is 0.910. The molecular formula is C16H13ClFNO5. The predicted molar refractivity (Wildman–Crippen MR) is 84.8 cm³/mol. The molecule has 2 rings (SSSR count). The summed E-state index contributed by atoms with van der Waals surface area (Å²) in [4.78, 5) is 23.6. The quantitative estimate of drug-likeness (QED) is 0.580. The average Bonchev–Trinajstić information content (AvgIpc) is 2.54. The maximum absolute atomic E-state index is 13.0. The molecule has 126 valence electrons. The first-order chi connectivity index (χ1) is 11.3. The minimum absolute atomic E-state index is 0.162. The van der Waals surface area contributed by atoms with Crippen molar-refractivity contribution in [3.63, 3.8) is 0 Å². The van der Waals surface area contributed by atoms with Gasteiger partial charge in [-0.2, -0.15) is 0 Å². The predicted octanol–water partition coefficient (Wildman–Crippen LogP) is 2.99. The Bertz CT molecular complexity index is 809. The van der Waals surface area contributed by atoms with Crippen LogP contribution in [0.15, 0.2) is 30.3 Å². The number of amides is 1. The fourth-order valence-corrected chi connectivity index (χ4v) is 2.01. The van der Waals surface area contributed by atoms with Crippen molar-refractivity contribution in [1.82, 2.24) is 0 Å². The Morgan fingerprint density at radius 3 is 2.58 bits per heavy atom. The molecule has 0 radical (unpaired) electrons. The fraction of sp³-hybridized carbons (Fsp3) is 0.125. The molecule has 0 unspecified atom stereocenters. The number of aryl methyl sites for hydroxylation is 1. The lowest BCUT2D eigenvalue weighted by atomic mass is 10.1. The van der Waals surface area contributed by atoms with Gasteiger partial charge in [0, 0.05) is 5.69 Å². The highest BCUT2D eigenvalue weighted by molar-refractivity contribution is 6.31. The SMILES string of the molecule is Cc1ccc(C(=O)OCC(=O)Nc2ccc(F)c(Cl)c2)c(O)c1O. The van der Waals surface area contributed by atoms with Crippen LogP contribution in [0.25, 0.3) is 0 Å². The molecule has 0 saturated carbocycles. The highest BCUT2D eigenvalue weighted by atomic mass is 35.5. The van der Waals surface area contributed by atoms with Gasteiger partial charge in [0.25, 0.3) is 5.91 Å². The number of hydrogen-bond acceptors (Lipinski definition) is 5. The molecule has 0 bridgehead atoms. The van der Waals surface area contributed by atoms with Gasteiger partial charge < -0.3 is 20.3 Å². The molecule has 0 spiro atoms. The maximum Gasteiger partial charge on any atom is 0.342 e. The van der Waals surface area contributed by atoms with Crippen molar-refractivity contribution in [3.05, 3.63) is 52.3 Å². The van der Waals surface area contributed by atoms with Crippen molar-refractivity contribution >= 4 is 29.2 Å². The summed E-state index contributed by atoms with van der Waals surface area (Å²) in [5, 5.41) is 21.5. The van der Waals surface area contributed by atoms with Gasteiger partial charge in [-0.15, -0.1) is 0 Å². The Labute approximate surface area is 141 Å². The number of phenolic OH excluding ortho intramolecular Hbond substituents is 2. The first-order valence-corrected chi connectivity index (χ1v) is 7.11. The molecule has 0 fully saturated rings. The van der Waals surface area contributed by atoms with E-state index in [9.17, 15) is 24.2 Å². The summed E-state index contributed by atoms with van der Waals surface area (Å²) >= 11 is 5.59. The number of carbonyl (C=O) groups excluding carboxylic acids is 2. The summed E-state index contributed by atoms with van der Waals surface area (Å²) in [7, 11) is 0. The van der Waals surface area contributed by atoms with Gasteiger partial charge in [0.15, 0.2) is 18.1 Å². The number of halogens is 2. The van der Waals surface area contributed by atoms with E-state index < -0.39 is 35.8 Å². The molecule has 6 nitrogen and oxygen atoms in total. The molecule has 24 heavy (non-hydrogen) atoms. The molecular weight excluding hydrogens is 341 g/mol. The Morgan fingerprint density at radius 2 is 1.92 bits per heavy atom. The van der Waals surface area contributed by atoms with Crippen molar-refractivity contribution in [2.45, 2.75) is 6.92 Å². The van der Waals surface area contributed by atoms with E-state index in [1.807, 2.05) is 0 Å². The van der Waals surface area contributed by atoms with Crippen LogP contribution < -0.4 is 5.32 Å². The van der Waals surface area contributed by atoms with Crippen molar-refractivity contribution in [3.8, 4) is 11.5 Å². The highest BCUT2D eigenvalue weighted by Crippen LogP contribution is 2.32. The van der Waals surface area contributed by atoms with Gasteiger partial charge in [-0.05, 0) is 36.8 Å². The van der Waals surface area contributed by atoms with Crippen LogP contribution in [0.5, 0.6) is 11.5 Å². The number of nitrogens with one attached hydrogen (secondary N) is 1. The van der Waals surface area contributed by atoms with Crippen molar-refractivity contribution in [2.24, 2.45) is 0 Å². The molecule has 0 atom stereocenters. The van der Waals surface area contributed by atoms with E-state index in [1.165, 1.54) is 24.3 Å². The minimum Gasteiger partial charge on any atom is -0.504 e. The normalized spacial score (nSPS) is 10.3. The molecule has 0 heterocycles. The van der Waals surface area contributed by atoms with E-state index in [0.29, 0.717) is 5.56 Å². The van der Waals surface area contributed by atoms with Crippen molar-refractivity contribution < 1.29 is 28.9 Å². The van der Waals surface area contributed by atoms with Crippen LogP contribution in [0.2, 0.25) is 5.02 Å². The van der Waals surface area contributed by atoms with Gasteiger partial charge in [0.05, 0.1) is 5.02 Å². The highest BCUT2D eigenvalue weighted by Gasteiger charge is 2.18. The second-order valence-electron chi connectivity index (χ2n) is 4.88. The van der Waals surface area contributed by atoms with E-state index >= 15 is 0 Å². The zero-order valence-electron chi connectivity index (χ0n) is 12.5. The third-order valence-electron chi connectivity index (χ3n) is 3.11. The van der Waals surface area contributed by atoms with E-state index in [4.69, 9.17) is 16.3 Å². The summed E-state index contributed by atoms with van der Waals surface area (Å²) in [5.41, 5.74) is 0.351. The zero-order valence-corrected chi connectivity index (χ0v) is 13.2. The summed E-state index contributed by atoms with van der Waals surface area (Å²) in [6, 6.07) is 6.28. The molecule has 2 aromatic rings. The molecule has 0 aliphatic heterocycles. The third-order valence-corrected chi connectivity index (χ3v) is 3.40. The van der Waals surface area contributed by atoms with Crippen LogP contribution in [0, 0.1) is 12.7 Å². The van der Waals surface area contributed by atoms with Crippen molar-refractivity contribution in [2.75, 3.05) is 11.9 Å². The Kier molecular flexibility index (Phi) is 5.25. The monoisotopic (exact) mass is 353 g/mol. The van der Waals surface area contributed by atoms with Gasteiger partial charge >= 0.3 is 5.97 Å². The number of anilines is 1. The lowest BCUT2D eigenvalue weighted by Crippen LogP contribution is -2.21. The summed E-state index contributed by atoms with van der Waals surface area (Å²) < 4.78 is 17.8. The maximum atomic E-state index is 13.0. The molecule has 0 aliphatic rings. The van der Waals surface area contributed by atoms with Crippen molar-refractivity contribution in [1.29, 1.82) is 0 Å². The topological polar surface area (TPSA) is 95.9 Å². The number of ether oxygens (including phenoxy) is 1. The smallest absolute Gasteiger partial charge is 0.342 e. The molecule has 3 N–H and O–H groups in total. The number of benzene rings is 2. The van der Waals surface area contributed by atoms with E-state index in [2.05, 4.69) is 5.32 Å². The van der Waals surface area contributed by atoms with Gasteiger partial charge in [-0.25, -0.2) is 9.18 Å². The van der Waals surface area contributed by atoms with Crippen LogP contribution in [0.1, 0.15) is 15.9 Å². The first-order valence-electron chi connectivity index (χ1n) is 6.73. The summed E-state index contributed by atoms with van der Waals surface area (Å²) in [6.07, 6.45) is 0. The number of rotatable bonds is 4. The van der Waals surface area contributed by atoms with E-state index in [1.54, 1.807) is 6.92 Å². The van der Waals surface area contributed by atoms with Gasteiger partial charge in [-0.3, -0.25) is 4.79 Å². The largest absolute Gasteiger partial charge is 0.504 e. The third kappa shape index (κ3) is 3.94. The number of aromatic hydroxyl groups is 2. The van der Waals surface area contributed by atoms with Gasteiger partial charge in [0.2, 0.25) is 0 Å². The Hall–Kier alpha value is -2.80. The van der Waals surface area contributed by atoms with Gasteiger partial charge in [0.1, 0.15) is 11.4 Å². The standard InChI is InChI=1S/C16H13ClFNO5/c1-8-2-4-10(15(22)14(8)21)16(23)24-7-13(20)19-9-3-5-12(18)11(17)6-9/h2-6,21-22H,7H2,1H3,(H,19,20). The first kappa shape index (κ1) is 17.6. The molecule has 2 aromatic carbocycles. The Balaban J connectivity index is 1.97. The molecule has 0 aliphatic carbocycles. The number of carbonyl (C=O) groups is 2. The van der Waals surface area contributed by atoms with Crippen LogP contribution in [0.4, 0.5) is 10.1 Å². The van der Waals surface area contributed by atoms with E-state index in [-0.39, 0.29) is 16.3 Å². The van der Waals surface area contributed by atoms with Crippen LogP contribution in [0.3, 0.4) is 0 Å². The molecule has 0 saturated heterocycles. The minimum atomic E-state index is -0.977. The Morgan fingerprint density at radius 1 is 1.21 bits per heavy atom. The number of phenols is 2. The van der Waals surface area contributed by atoms with Crippen LogP contribution >= 0.6 is 11.6 Å². The fourth-order valence-electron chi connectivity index (χ4n) is 1.83. The lowest BCUT2D eigenvalue weighted by molar-refractivity contribution is -0.119. The van der Waals surface area contributed by atoms with Crippen LogP contribution in [-0.4, -0.2) is 28.7 Å². The second-order valence-corrected chi connectivity index (χ2v) is 5.29. The van der Waals surface area contributed by atoms with E-state index in [0.717, 1.165) is 6.07 Å². The number of esters is 1. The lowest BCUT2D eigenvalue weighted by Gasteiger charge is -2.09. The van der Waals surface area contributed by atoms with Crippen LogP contribution in [-0.2, 0) is 9.53 Å². The molecule has 8 heteroatoms. The molecule has 0 aromatic heterocycles. The zero-order chi connectivity index (χ0) is 17.9. The second kappa shape index (κ2) is 7.18. The average molecular weight is 354 g/mol.